The Bertz CT molecular complexity index is 2110. The third-order valence-electron chi connectivity index (χ3n) is 6.56. The second-order valence-corrected chi connectivity index (χ2v) is 12.2. The fourth-order valence-electron chi connectivity index (χ4n) is 4.09. The number of hydrogen-bond donors (Lipinski definition) is 5. The number of sulfonamides is 1. The normalized spacial score (nSPS) is 13.1. The number of ether oxygens (including phenoxy) is 1. The summed E-state index contributed by atoms with van der Waals surface area (Å²) < 4.78 is 156. The number of aromatic nitrogens is 3. The van der Waals surface area contributed by atoms with Crippen LogP contribution in [0.3, 0.4) is 0 Å². The van der Waals surface area contributed by atoms with Gasteiger partial charge in [0, 0.05) is 49.4 Å². The van der Waals surface area contributed by atoms with E-state index in [-0.39, 0.29) is 11.6 Å². The molecule has 1 aliphatic rings. The molecule has 0 amide bonds. The van der Waals surface area contributed by atoms with Crippen molar-refractivity contribution in [2.75, 3.05) is 42.9 Å². The molecular weight excluding hydrogens is 829 g/mol. The predicted octanol–water partition coefficient (Wildman–Crippen LogP) is 5.09. The Labute approximate surface area is 311 Å². The molecule has 0 radical (unpaired) electrons. The Hall–Kier alpha value is -6.12. The summed E-state index contributed by atoms with van der Waals surface area (Å²) in [6, 6.07) is 9.41. The number of alkyl halides is 9. The maximum Gasteiger partial charge on any atom is 0.490 e. The molecule has 2 aromatic carbocycles. The van der Waals surface area contributed by atoms with E-state index < -0.39 is 63.0 Å². The molecule has 0 spiro atoms. The number of carboxylic acids is 3. The van der Waals surface area contributed by atoms with Crippen molar-refractivity contribution >= 4 is 50.3 Å². The maximum atomic E-state index is 14.2. The number of piperazine rings is 1. The van der Waals surface area contributed by atoms with E-state index in [0.717, 1.165) is 60.6 Å². The first-order valence-electron chi connectivity index (χ1n) is 14.8. The van der Waals surface area contributed by atoms with Crippen LogP contribution in [-0.4, -0.2) is 108 Å². The Morgan fingerprint density at radius 2 is 1.30 bits per heavy atom. The number of fused-ring (bicyclic) bond motifs is 1. The first-order valence-corrected chi connectivity index (χ1v) is 16.3. The van der Waals surface area contributed by atoms with Gasteiger partial charge < -0.3 is 30.3 Å². The number of aliphatic carboxylic acids is 3. The summed E-state index contributed by atoms with van der Waals surface area (Å²) in [4.78, 5) is 41.3. The molecule has 1 saturated heterocycles. The third-order valence-corrected chi connectivity index (χ3v) is 7.96. The third kappa shape index (κ3) is 14.2. The summed E-state index contributed by atoms with van der Waals surface area (Å²) in [6.07, 6.45) is -12.2. The molecule has 312 valence electrons. The van der Waals surface area contributed by atoms with Gasteiger partial charge in [-0.05, 0) is 35.9 Å². The summed E-state index contributed by atoms with van der Waals surface area (Å²) in [5.41, 5.74) is 2.12. The van der Waals surface area contributed by atoms with Crippen molar-refractivity contribution < 1.29 is 91.2 Å². The van der Waals surface area contributed by atoms with Crippen LogP contribution in [0.1, 0.15) is 0 Å². The second kappa shape index (κ2) is 19.2. The first-order chi connectivity index (χ1) is 26.2. The van der Waals surface area contributed by atoms with Crippen LogP contribution in [0.2, 0.25) is 0 Å². The highest BCUT2D eigenvalue weighted by atomic mass is 32.2. The van der Waals surface area contributed by atoms with E-state index in [2.05, 4.69) is 29.9 Å². The van der Waals surface area contributed by atoms with Gasteiger partial charge in [0.25, 0.3) is 10.0 Å². The first kappa shape index (κ1) is 47.0. The van der Waals surface area contributed by atoms with Gasteiger partial charge in [0.1, 0.15) is 34.4 Å². The van der Waals surface area contributed by atoms with Crippen LogP contribution in [0.5, 0.6) is 5.88 Å². The molecule has 57 heavy (non-hydrogen) atoms. The number of halogens is 11. The lowest BCUT2D eigenvalue weighted by molar-refractivity contribution is -0.193. The van der Waals surface area contributed by atoms with Gasteiger partial charge >= 0.3 is 36.4 Å². The Morgan fingerprint density at radius 3 is 1.77 bits per heavy atom. The van der Waals surface area contributed by atoms with Crippen LogP contribution < -0.4 is 19.7 Å². The molecule has 0 unspecified atom stereocenters. The zero-order chi connectivity index (χ0) is 43.5. The van der Waals surface area contributed by atoms with E-state index in [1.807, 2.05) is 18.2 Å². The minimum atomic E-state index is -5.08. The molecule has 2 aromatic heterocycles. The highest BCUT2D eigenvalue weighted by Crippen LogP contribution is 2.33. The van der Waals surface area contributed by atoms with Crippen LogP contribution >= 0.6 is 0 Å². The summed E-state index contributed by atoms with van der Waals surface area (Å²) in [7, 11) is -3.05. The van der Waals surface area contributed by atoms with Gasteiger partial charge in [-0.1, -0.05) is 6.07 Å². The van der Waals surface area contributed by atoms with E-state index in [0.29, 0.717) is 11.6 Å². The second-order valence-electron chi connectivity index (χ2n) is 10.5. The van der Waals surface area contributed by atoms with Crippen molar-refractivity contribution in [2.45, 2.75) is 23.4 Å². The SMILES string of the molecule is COc1ncc(-c2ccc3ncnc(N4CCNCC4)c3c2)cc1NS(=O)(=O)c1ccc(F)cc1F.O=C(O)C(F)(F)F.O=C(O)C(F)(F)F.O=C(O)C(F)(F)F. The van der Waals surface area contributed by atoms with Crippen LogP contribution in [-0.2, 0) is 24.4 Å². The Morgan fingerprint density at radius 1 is 0.772 bits per heavy atom. The zero-order valence-electron chi connectivity index (χ0n) is 28.2. The molecule has 15 nitrogen and oxygen atoms in total. The smallest absolute Gasteiger partial charge is 0.480 e. The molecule has 0 saturated carbocycles. The van der Waals surface area contributed by atoms with E-state index in [1.165, 1.54) is 13.4 Å². The van der Waals surface area contributed by atoms with Gasteiger partial charge in [0.15, 0.2) is 0 Å². The number of methoxy groups -OCH3 is 1. The minimum Gasteiger partial charge on any atom is -0.480 e. The highest BCUT2D eigenvalue weighted by Gasteiger charge is 2.39. The summed E-state index contributed by atoms with van der Waals surface area (Å²) >= 11 is 0. The summed E-state index contributed by atoms with van der Waals surface area (Å²) in [5, 5.41) is 25.5. The van der Waals surface area contributed by atoms with Crippen molar-refractivity contribution in [2.24, 2.45) is 0 Å². The predicted molar refractivity (Wildman–Crippen MR) is 173 cm³/mol. The number of nitrogens with zero attached hydrogens (tertiary/aromatic N) is 4. The zero-order valence-corrected chi connectivity index (χ0v) is 29.0. The summed E-state index contributed by atoms with van der Waals surface area (Å²) in [5.74, 6) is -9.55. The molecule has 4 aromatic rings. The van der Waals surface area contributed by atoms with Crippen LogP contribution in [0, 0.1) is 11.6 Å². The lowest BCUT2D eigenvalue weighted by Gasteiger charge is -2.29. The van der Waals surface area contributed by atoms with Gasteiger partial charge in [-0.3, -0.25) is 4.72 Å². The van der Waals surface area contributed by atoms with Crippen molar-refractivity contribution in [1.82, 2.24) is 20.3 Å². The average Bonchev–Trinajstić information content (AvgIpc) is 3.10. The Kier molecular flexibility index (Phi) is 15.8. The molecule has 5 N–H and O–H groups in total. The molecule has 3 heterocycles. The van der Waals surface area contributed by atoms with Crippen LogP contribution in [0.25, 0.3) is 22.0 Å². The monoisotopic (exact) mass is 854 g/mol. The molecule has 0 atom stereocenters. The van der Waals surface area contributed by atoms with E-state index in [1.54, 1.807) is 12.3 Å². The fourth-order valence-corrected chi connectivity index (χ4v) is 5.20. The molecule has 5 rings (SSSR count). The number of benzene rings is 2. The van der Waals surface area contributed by atoms with Crippen molar-refractivity contribution in [3.05, 3.63) is 66.6 Å². The number of pyridine rings is 1. The van der Waals surface area contributed by atoms with Gasteiger partial charge in [0.05, 0.1) is 12.6 Å². The number of hydrogen-bond acceptors (Lipinski definition) is 11. The van der Waals surface area contributed by atoms with Crippen molar-refractivity contribution in [1.29, 1.82) is 0 Å². The molecule has 1 aliphatic heterocycles. The minimum absolute atomic E-state index is 0.00419. The van der Waals surface area contributed by atoms with Gasteiger partial charge in [-0.2, -0.15) is 39.5 Å². The molecular formula is C30H25F11N6O9S. The van der Waals surface area contributed by atoms with Gasteiger partial charge in [-0.25, -0.2) is 46.5 Å². The number of rotatable bonds is 6. The topological polar surface area (TPSA) is 221 Å². The molecule has 27 heteroatoms. The summed E-state index contributed by atoms with van der Waals surface area (Å²) in [6.45, 7) is 3.33. The maximum absolute atomic E-state index is 14.2. The quantitative estimate of drug-likeness (QED) is 0.160. The number of anilines is 2. The number of carboxylic acid groups (broad SMARTS) is 3. The van der Waals surface area contributed by atoms with Crippen molar-refractivity contribution in [3.8, 4) is 17.0 Å². The standard InChI is InChI=1S/C24H22F2N6O3S.3C2HF3O2/c1-35-24-21(31-36(33,34)22-5-3-17(25)12-19(22)26)11-16(13-28-24)15-2-4-20-18(10-15)23(30-14-29-20)32-8-6-27-7-9-32;3*3-2(4,5)1(6)7/h2-5,10-14,27,31H,6-9H2,1H3;3*(H,6,7). The molecule has 0 aliphatic carbocycles. The highest BCUT2D eigenvalue weighted by molar-refractivity contribution is 7.92. The molecule has 1 fully saturated rings. The lowest BCUT2D eigenvalue weighted by Crippen LogP contribution is -2.44. The Balaban J connectivity index is 0.000000438. The average molecular weight is 855 g/mol. The lowest BCUT2D eigenvalue weighted by atomic mass is 10.0. The number of carbonyl (C=O) groups is 3. The van der Waals surface area contributed by atoms with Crippen LogP contribution in [0.4, 0.5) is 59.8 Å². The fraction of sp³-hybridized carbons (Fsp3) is 0.267. The number of nitrogens with one attached hydrogen (secondary N) is 2. The van der Waals surface area contributed by atoms with Crippen molar-refractivity contribution in [3.63, 3.8) is 0 Å². The van der Waals surface area contributed by atoms with Gasteiger partial charge in [-0.15, -0.1) is 0 Å². The van der Waals surface area contributed by atoms with E-state index >= 15 is 0 Å². The van der Waals surface area contributed by atoms with E-state index in [9.17, 15) is 56.7 Å². The van der Waals surface area contributed by atoms with E-state index in [4.69, 9.17) is 34.4 Å². The molecule has 0 bridgehead atoms. The van der Waals surface area contributed by atoms with Crippen LogP contribution in [0.15, 0.2) is 59.9 Å². The van der Waals surface area contributed by atoms with Gasteiger partial charge in [0.2, 0.25) is 5.88 Å². The largest absolute Gasteiger partial charge is 0.490 e.